The average Bonchev–Trinajstić information content (AvgIpc) is 3.30. The Labute approximate surface area is 162 Å². The molecule has 0 fully saturated rings. The molecule has 1 amide bonds. The van der Waals surface area contributed by atoms with Crippen LogP contribution in [0.25, 0.3) is 22.4 Å². The van der Waals surface area contributed by atoms with Gasteiger partial charge in [0.15, 0.2) is 5.58 Å². The van der Waals surface area contributed by atoms with E-state index in [0.717, 1.165) is 34.5 Å². The van der Waals surface area contributed by atoms with E-state index in [9.17, 15) is 4.79 Å². The van der Waals surface area contributed by atoms with Crippen LogP contribution in [0.2, 0.25) is 0 Å². The van der Waals surface area contributed by atoms with Gasteiger partial charge in [-0.25, -0.2) is 4.98 Å². The number of carbonyl (C=O) groups excluding carboxylic acids is 1. The summed E-state index contributed by atoms with van der Waals surface area (Å²) in [6.07, 6.45) is 2.20. The Balaban J connectivity index is 1.54. The highest BCUT2D eigenvalue weighted by Crippen LogP contribution is 2.26. The smallest absolute Gasteiger partial charge is 0.226 e. The van der Waals surface area contributed by atoms with E-state index in [1.165, 1.54) is 6.92 Å². The number of rotatable bonds is 6. The van der Waals surface area contributed by atoms with Crippen molar-refractivity contribution in [1.82, 2.24) is 10.1 Å². The molecule has 2 aromatic heterocycles. The monoisotopic (exact) mass is 375 g/mol. The van der Waals surface area contributed by atoms with Crippen LogP contribution in [0.1, 0.15) is 31.0 Å². The van der Waals surface area contributed by atoms with Crippen molar-refractivity contribution in [3.05, 3.63) is 65.7 Å². The van der Waals surface area contributed by atoms with Gasteiger partial charge in [0.2, 0.25) is 11.8 Å². The van der Waals surface area contributed by atoms with E-state index in [0.29, 0.717) is 30.0 Å². The fourth-order valence-electron chi connectivity index (χ4n) is 3.25. The van der Waals surface area contributed by atoms with E-state index in [1.54, 1.807) is 6.07 Å². The fraction of sp³-hybridized carbons (Fsp3) is 0.227. The van der Waals surface area contributed by atoms with E-state index in [1.807, 2.05) is 42.5 Å². The lowest BCUT2D eigenvalue weighted by Gasteiger charge is -2.01. The van der Waals surface area contributed by atoms with Gasteiger partial charge in [0, 0.05) is 36.0 Å². The SMILES string of the molecule is CCc1oc(-c2ccccc2)nc1CCc1noc2cc(NC(C)=O)ccc12. The Morgan fingerprint density at radius 1 is 1.07 bits per heavy atom. The number of hydrogen-bond acceptors (Lipinski definition) is 5. The van der Waals surface area contributed by atoms with Gasteiger partial charge in [-0.05, 0) is 37.1 Å². The van der Waals surface area contributed by atoms with Crippen molar-refractivity contribution < 1.29 is 13.7 Å². The summed E-state index contributed by atoms with van der Waals surface area (Å²) >= 11 is 0. The van der Waals surface area contributed by atoms with E-state index in [4.69, 9.17) is 13.9 Å². The Morgan fingerprint density at radius 3 is 2.61 bits per heavy atom. The Hall–Kier alpha value is -3.41. The minimum Gasteiger partial charge on any atom is -0.441 e. The molecule has 0 aliphatic rings. The molecule has 0 aliphatic carbocycles. The number of fused-ring (bicyclic) bond motifs is 1. The highest BCUT2D eigenvalue weighted by molar-refractivity contribution is 5.92. The van der Waals surface area contributed by atoms with Gasteiger partial charge in [0.05, 0.1) is 11.4 Å². The molecule has 0 saturated heterocycles. The van der Waals surface area contributed by atoms with Gasteiger partial charge in [-0.3, -0.25) is 4.79 Å². The summed E-state index contributed by atoms with van der Waals surface area (Å²) in [6, 6.07) is 15.5. The topological polar surface area (TPSA) is 81.2 Å². The van der Waals surface area contributed by atoms with Crippen molar-refractivity contribution in [2.45, 2.75) is 33.1 Å². The molecule has 4 aromatic rings. The third-order valence-corrected chi connectivity index (χ3v) is 4.59. The summed E-state index contributed by atoms with van der Waals surface area (Å²) in [5.41, 5.74) is 4.14. The minimum absolute atomic E-state index is 0.119. The van der Waals surface area contributed by atoms with Crippen LogP contribution in [-0.2, 0) is 24.1 Å². The number of oxazole rings is 1. The number of aromatic nitrogens is 2. The second kappa shape index (κ2) is 7.68. The highest BCUT2D eigenvalue weighted by atomic mass is 16.5. The predicted octanol–water partition coefficient (Wildman–Crippen LogP) is 4.79. The third-order valence-electron chi connectivity index (χ3n) is 4.59. The molecule has 1 N–H and O–H groups in total. The molecule has 0 spiro atoms. The molecule has 6 nitrogen and oxygen atoms in total. The fourth-order valence-corrected chi connectivity index (χ4v) is 3.25. The van der Waals surface area contributed by atoms with Gasteiger partial charge in [0.1, 0.15) is 5.76 Å². The number of benzene rings is 2. The van der Waals surface area contributed by atoms with Crippen LogP contribution in [0, 0.1) is 0 Å². The number of anilines is 1. The third kappa shape index (κ3) is 3.67. The van der Waals surface area contributed by atoms with Crippen LogP contribution < -0.4 is 5.32 Å². The summed E-state index contributed by atoms with van der Waals surface area (Å²) in [7, 11) is 0. The van der Waals surface area contributed by atoms with Crippen molar-refractivity contribution in [3.8, 4) is 11.5 Å². The number of nitrogens with one attached hydrogen (secondary N) is 1. The zero-order valence-electron chi connectivity index (χ0n) is 15.9. The molecule has 0 bridgehead atoms. The number of hydrogen-bond donors (Lipinski definition) is 1. The second-order valence-corrected chi connectivity index (χ2v) is 6.63. The molecule has 2 heterocycles. The van der Waals surface area contributed by atoms with Crippen LogP contribution in [0.15, 0.2) is 57.5 Å². The second-order valence-electron chi connectivity index (χ2n) is 6.63. The van der Waals surface area contributed by atoms with Crippen LogP contribution in [0.4, 0.5) is 5.69 Å². The first-order valence-electron chi connectivity index (χ1n) is 9.34. The molecule has 0 radical (unpaired) electrons. The lowest BCUT2D eigenvalue weighted by molar-refractivity contribution is -0.114. The van der Waals surface area contributed by atoms with Gasteiger partial charge < -0.3 is 14.3 Å². The van der Waals surface area contributed by atoms with Gasteiger partial charge in [0.25, 0.3) is 0 Å². The molecule has 28 heavy (non-hydrogen) atoms. The quantitative estimate of drug-likeness (QED) is 0.524. The molecule has 6 heteroatoms. The molecule has 0 atom stereocenters. The van der Waals surface area contributed by atoms with Crippen molar-refractivity contribution in [3.63, 3.8) is 0 Å². The largest absolute Gasteiger partial charge is 0.441 e. The van der Waals surface area contributed by atoms with Gasteiger partial charge in [-0.1, -0.05) is 30.3 Å². The Bertz CT molecular complexity index is 1110. The van der Waals surface area contributed by atoms with Crippen molar-refractivity contribution in [2.24, 2.45) is 0 Å². The first-order valence-corrected chi connectivity index (χ1v) is 9.34. The molecule has 2 aromatic carbocycles. The number of amides is 1. The zero-order valence-corrected chi connectivity index (χ0v) is 15.9. The maximum atomic E-state index is 11.2. The van der Waals surface area contributed by atoms with E-state index in [2.05, 4.69) is 17.4 Å². The summed E-state index contributed by atoms with van der Waals surface area (Å²) in [5, 5.41) is 7.90. The average molecular weight is 375 g/mol. The lowest BCUT2D eigenvalue weighted by atomic mass is 10.1. The van der Waals surface area contributed by atoms with Gasteiger partial charge in [-0.15, -0.1) is 0 Å². The molecule has 0 saturated carbocycles. The van der Waals surface area contributed by atoms with Crippen molar-refractivity contribution >= 4 is 22.6 Å². The molecule has 142 valence electrons. The normalized spacial score (nSPS) is 11.1. The summed E-state index contributed by atoms with van der Waals surface area (Å²) < 4.78 is 11.4. The van der Waals surface area contributed by atoms with Crippen LogP contribution >= 0.6 is 0 Å². The number of nitrogens with zero attached hydrogens (tertiary/aromatic N) is 2. The van der Waals surface area contributed by atoms with E-state index >= 15 is 0 Å². The van der Waals surface area contributed by atoms with Crippen molar-refractivity contribution in [1.29, 1.82) is 0 Å². The van der Waals surface area contributed by atoms with Gasteiger partial charge >= 0.3 is 0 Å². The molecule has 0 unspecified atom stereocenters. The van der Waals surface area contributed by atoms with Crippen LogP contribution in [0.3, 0.4) is 0 Å². The summed E-state index contributed by atoms with van der Waals surface area (Å²) in [4.78, 5) is 15.9. The van der Waals surface area contributed by atoms with Crippen molar-refractivity contribution in [2.75, 3.05) is 5.32 Å². The van der Waals surface area contributed by atoms with E-state index < -0.39 is 0 Å². The minimum atomic E-state index is -0.119. The maximum Gasteiger partial charge on any atom is 0.226 e. The molecular weight excluding hydrogens is 354 g/mol. The van der Waals surface area contributed by atoms with Gasteiger partial charge in [-0.2, -0.15) is 0 Å². The summed E-state index contributed by atoms with van der Waals surface area (Å²) in [5.74, 6) is 1.43. The number of carbonyl (C=O) groups is 1. The lowest BCUT2D eigenvalue weighted by Crippen LogP contribution is -2.05. The van der Waals surface area contributed by atoms with E-state index in [-0.39, 0.29) is 5.91 Å². The predicted molar refractivity (Wildman–Crippen MR) is 107 cm³/mol. The Kier molecular flexibility index (Phi) is 4.93. The molecular formula is C22H21N3O3. The molecule has 0 aliphatic heterocycles. The van der Waals surface area contributed by atoms with Crippen LogP contribution in [0.5, 0.6) is 0 Å². The van der Waals surface area contributed by atoms with Crippen LogP contribution in [-0.4, -0.2) is 16.0 Å². The first kappa shape index (κ1) is 18.0. The maximum absolute atomic E-state index is 11.2. The molecule has 4 rings (SSSR count). The highest BCUT2D eigenvalue weighted by Gasteiger charge is 2.15. The first-order chi connectivity index (χ1) is 13.6. The summed E-state index contributed by atoms with van der Waals surface area (Å²) in [6.45, 7) is 3.54. The zero-order chi connectivity index (χ0) is 19.5. The Morgan fingerprint density at radius 2 is 1.86 bits per heavy atom. The number of aryl methyl sites for hydroxylation is 3. The standard InChI is InChI=1S/C22H21N3O3/c1-3-20-19(24-22(27-20)15-7-5-4-6-8-15)12-11-18-17-10-9-16(23-14(2)26)13-21(17)28-25-18/h4-10,13H,3,11-12H2,1-2H3,(H,23,26).